The van der Waals surface area contributed by atoms with E-state index in [1.54, 1.807) is 24.9 Å². The standard InChI is InChI=1S/C15H16FNOS/c1-10-3-5-13(17)8-15(10)19-9-11-7-12(16)4-6-14(11)18-2/h3-8H,9,17H2,1-2H3. The lowest BCUT2D eigenvalue weighted by molar-refractivity contribution is 0.410. The number of hydrogen-bond acceptors (Lipinski definition) is 3. The van der Waals surface area contributed by atoms with E-state index in [1.165, 1.54) is 12.1 Å². The first-order valence-electron chi connectivity index (χ1n) is 5.91. The van der Waals surface area contributed by atoms with Crippen LogP contribution in [0.1, 0.15) is 11.1 Å². The van der Waals surface area contributed by atoms with Crippen molar-refractivity contribution < 1.29 is 9.13 Å². The van der Waals surface area contributed by atoms with E-state index in [0.29, 0.717) is 11.5 Å². The maximum atomic E-state index is 13.3. The topological polar surface area (TPSA) is 35.2 Å². The van der Waals surface area contributed by atoms with Crippen molar-refractivity contribution in [3.05, 3.63) is 53.3 Å². The Morgan fingerprint density at radius 1 is 1.21 bits per heavy atom. The summed E-state index contributed by atoms with van der Waals surface area (Å²) in [6.45, 7) is 2.03. The van der Waals surface area contributed by atoms with Gasteiger partial charge in [-0.25, -0.2) is 4.39 Å². The predicted octanol–water partition coefficient (Wildman–Crippen LogP) is 4.02. The highest BCUT2D eigenvalue weighted by atomic mass is 32.2. The van der Waals surface area contributed by atoms with Crippen LogP contribution in [0.25, 0.3) is 0 Å². The molecule has 0 radical (unpaired) electrons. The van der Waals surface area contributed by atoms with E-state index in [1.807, 2.05) is 25.1 Å². The molecule has 2 rings (SSSR count). The third kappa shape index (κ3) is 3.41. The van der Waals surface area contributed by atoms with Crippen LogP contribution in [0.4, 0.5) is 10.1 Å². The van der Waals surface area contributed by atoms with Crippen molar-refractivity contribution in [3.8, 4) is 5.75 Å². The Morgan fingerprint density at radius 3 is 2.74 bits per heavy atom. The number of anilines is 1. The first-order chi connectivity index (χ1) is 9.10. The number of aryl methyl sites for hydroxylation is 1. The molecule has 0 spiro atoms. The molecule has 0 aliphatic rings. The van der Waals surface area contributed by atoms with E-state index in [-0.39, 0.29) is 5.82 Å². The molecule has 2 nitrogen and oxygen atoms in total. The summed E-state index contributed by atoms with van der Waals surface area (Å²) in [7, 11) is 1.59. The van der Waals surface area contributed by atoms with Crippen LogP contribution in [0, 0.1) is 12.7 Å². The first-order valence-corrected chi connectivity index (χ1v) is 6.90. The Morgan fingerprint density at radius 2 is 2.00 bits per heavy atom. The molecule has 0 saturated carbocycles. The summed E-state index contributed by atoms with van der Waals surface area (Å²) in [5.41, 5.74) is 8.52. The van der Waals surface area contributed by atoms with Gasteiger partial charge in [0.05, 0.1) is 7.11 Å². The number of ether oxygens (including phenoxy) is 1. The van der Waals surface area contributed by atoms with Crippen molar-refractivity contribution in [1.29, 1.82) is 0 Å². The van der Waals surface area contributed by atoms with Gasteiger partial charge in [-0.05, 0) is 42.8 Å². The number of nitrogen functional groups attached to an aromatic ring is 1. The van der Waals surface area contributed by atoms with Crippen LogP contribution in [0.5, 0.6) is 5.75 Å². The Bertz CT molecular complexity index is 586. The second-order valence-electron chi connectivity index (χ2n) is 4.27. The first kappa shape index (κ1) is 13.7. The maximum absolute atomic E-state index is 13.3. The summed E-state index contributed by atoms with van der Waals surface area (Å²) in [6, 6.07) is 10.4. The molecule has 0 saturated heterocycles. The third-order valence-electron chi connectivity index (χ3n) is 2.84. The fourth-order valence-corrected chi connectivity index (χ4v) is 2.84. The summed E-state index contributed by atoms with van der Waals surface area (Å²) in [6.07, 6.45) is 0. The van der Waals surface area contributed by atoms with Gasteiger partial charge < -0.3 is 10.5 Å². The van der Waals surface area contributed by atoms with Crippen molar-refractivity contribution in [2.24, 2.45) is 0 Å². The Balaban J connectivity index is 2.18. The van der Waals surface area contributed by atoms with Gasteiger partial charge in [0, 0.05) is 21.9 Å². The minimum Gasteiger partial charge on any atom is -0.496 e. The Hall–Kier alpha value is -1.68. The molecule has 0 atom stereocenters. The quantitative estimate of drug-likeness (QED) is 0.677. The van der Waals surface area contributed by atoms with Gasteiger partial charge in [-0.1, -0.05) is 6.07 Å². The van der Waals surface area contributed by atoms with Crippen molar-refractivity contribution in [2.75, 3.05) is 12.8 Å². The number of benzene rings is 2. The molecular formula is C15H16FNOS. The summed E-state index contributed by atoms with van der Waals surface area (Å²) >= 11 is 1.63. The van der Waals surface area contributed by atoms with Crippen LogP contribution >= 0.6 is 11.8 Å². The number of thioether (sulfide) groups is 1. The lowest BCUT2D eigenvalue weighted by Gasteiger charge is -2.10. The summed E-state index contributed by atoms with van der Waals surface area (Å²) < 4.78 is 18.5. The molecule has 0 aliphatic carbocycles. The molecule has 2 N–H and O–H groups in total. The zero-order chi connectivity index (χ0) is 13.8. The highest BCUT2D eigenvalue weighted by molar-refractivity contribution is 7.98. The molecule has 0 aliphatic heterocycles. The molecular weight excluding hydrogens is 261 g/mol. The fourth-order valence-electron chi connectivity index (χ4n) is 1.79. The lowest BCUT2D eigenvalue weighted by Crippen LogP contribution is -1.92. The van der Waals surface area contributed by atoms with Crippen molar-refractivity contribution in [3.63, 3.8) is 0 Å². The van der Waals surface area contributed by atoms with Crippen LogP contribution in [0.2, 0.25) is 0 Å². The summed E-state index contributed by atoms with van der Waals surface area (Å²) in [5.74, 6) is 1.10. The van der Waals surface area contributed by atoms with Gasteiger partial charge in [-0.2, -0.15) is 0 Å². The monoisotopic (exact) mass is 277 g/mol. The molecule has 0 fully saturated rings. The average molecular weight is 277 g/mol. The predicted molar refractivity (Wildman–Crippen MR) is 78.1 cm³/mol. The number of nitrogens with two attached hydrogens (primary N) is 1. The fraction of sp³-hybridized carbons (Fsp3) is 0.200. The van der Waals surface area contributed by atoms with E-state index in [2.05, 4.69) is 0 Å². The maximum Gasteiger partial charge on any atom is 0.123 e. The zero-order valence-corrected chi connectivity index (χ0v) is 11.8. The van der Waals surface area contributed by atoms with Crippen molar-refractivity contribution >= 4 is 17.4 Å². The number of methoxy groups -OCH3 is 1. The van der Waals surface area contributed by atoms with Gasteiger partial charge in [0.25, 0.3) is 0 Å². The van der Waals surface area contributed by atoms with E-state index >= 15 is 0 Å². The second-order valence-corrected chi connectivity index (χ2v) is 5.29. The zero-order valence-electron chi connectivity index (χ0n) is 10.9. The molecule has 0 unspecified atom stereocenters. The largest absolute Gasteiger partial charge is 0.496 e. The molecule has 0 bridgehead atoms. The van der Waals surface area contributed by atoms with Gasteiger partial charge in [0.1, 0.15) is 11.6 Å². The second kappa shape index (κ2) is 5.97. The molecule has 0 amide bonds. The van der Waals surface area contributed by atoms with Gasteiger partial charge in [0.2, 0.25) is 0 Å². The highest BCUT2D eigenvalue weighted by Crippen LogP contribution is 2.31. The number of hydrogen-bond donors (Lipinski definition) is 1. The molecule has 0 aromatic heterocycles. The lowest BCUT2D eigenvalue weighted by atomic mass is 10.2. The minimum atomic E-state index is -0.249. The minimum absolute atomic E-state index is 0.249. The van der Waals surface area contributed by atoms with Gasteiger partial charge >= 0.3 is 0 Å². The Labute approximate surface area is 116 Å². The van der Waals surface area contributed by atoms with E-state index in [9.17, 15) is 4.39 Å². The molecule has 100 valence electrons. The Kier molecular flexibility index (Phi) is 4.32. The molecule has 19 heavy (non-hydrogen) atoms. The average Bonchev–Trinajstić information content (AvgIpc) is 2.40. The number of halogens is 1. The van der Waals surface area contributed by atoms with Crippen LogP contribution in [-0.4, -0.2) is 7.11 Å². The normalized spacial score (nSPS) is 10.5. The highest BCUT2D eigenvalue weighted by Gasteiger charge is 2.07. The summed E-state index contributed by atoms with van der Waals surface area (Å²) in [5, 5.41) is 0. The SMILES string of the molecule is COc1ccc(F)cc1CSc1cc(N)ccc1C. The van der Waals surface area contributed by atoms with Crippen LogP contribution in [-0.2, 0) is 5.75 Å². The summed E-state index contributed by atoms with van der Waals surface area (Å²) in [4.78, 5) is 1.10. The molecule has 2 aromatic rings. The number of rotatable bonds is 4. The third-order valence-corrected chi connectivity index (χ3v) is 4.04. The van der Waals surface area contributed by atoms with Gasteiger partial charge in [0.15, 0.2) is 0 Å². The van der Waals surface area contributed by atoms with Crippen molar-refractivity contribution in [1.82, 2.24) is 0 Å². The van der Waals surface area contributed by atoms with E-state index in [0.717, 1.165) is 21.7 Å². The van der Waals surface area contributed by atoms with E-state index < -0.39 is 0 Å². The molecule has 2 aromatic carbocycles. The molecule has 4 heteroatoms. The van der Waals surface area contributed by atoms with Crippen molar-refractivity contribution in [2.45, 2.75) is 17.6 Å². The van der Waals surface area contributed by atoms with Crippen LogP contribution < -0.4 is 10.5 Å². The van der Waals surface area contributed by atoms with Gasteiger partial charge in [-0.15, -0.1) is 11.8 Å². The smallest absolute Gasteiger partial charge is 0.123 e. The van der Waals surface area contributed by atoms with E-state index in [4.69, 9.17) is 10.5 Å². The van der Waals surface area contributed by atoms with Gasteiger partial charge in [-0.3, -0.25) is 0 Å². The van der Waals surface area contributed by atoms with Crippen LogP contribution in [0.15, 0.2) is 41.3 Å². The molecule has 0 heterocycles. The van der Waals surface area contributed by atoms with Crippen LogP contribution in [0.3, 0.4) is 0 Å².